The second kappa shape index (κ2) is 10.6. The number of hydrogen-bond acceptors (Lipinski definition) is 6. The fraction of sp³-hybridized carbons (Fsp3) is 0.308. The summed E-state index contributed by atoms with van der Waals surface area (Å²) in [6, 6.07) is 15.5. The first kappa shape index (κ1) is 23.6. The lowest BCUT2D eigenvalue weighted by Crippen LogP contribution is -2.32. The van der Waals surface area contributed by atoms with Crippen LogP contribution in [0.25, 0.3) is 22.5 Å². The van der Waals surface area contributed by atoms with E-state index in [1.165, 1.54) is 0 Å². The van der Waals surface area contributed by atoms with E-state index in [-0.39, 0.29) is 0 Å². The van der Waals surface area contributed by atoms with Crippen LogP contribution in [0.1, 0.15) is 37.2 Å². The van der Waals surface area contributed by atoms with Gasteiger partial charge in [0.25, 0.3) is 0 Å². The van der Waals surface area contributed by atoms with Crippen LogP contribution in [0.2, 0.25) is 10.0 Å². The Hall–Kier alpha value is -3.16. The van der Waals surface area contributed by atoms with Crippen molar-refractivity contribution in [2.24, 2.45) is 0 Å². The number of nitrogens with zero attached hydrogens (tertiary/aromatic N) is 4. The lowest BCUT2D eigenvalue weighted by Gasteiger charge is -2.30. The predicted octanol–water partition coefficient (Wildman–Crippen LogP) is 5.96. The van der Waals surface area contributed by atoms with E-state index in [0.717, 1.165) is 79.2 Å². The van der Waals surface area contributed by atoms with Gasteiger partial charge in [0.2, 0.25) is 0 Å². The van der Waals surface area contributed by atoms with Crippen LogP contribution in [0.4, 0.5) is 5.82 Å². The standard InChI is InChI=1S/C26H25Cl2N5O2/c27-19-11-7-17(8-12-19)23-24(18-9-13-20(28)14-10-18)31-25-21(29-23)5-4-16-33(25)15-3-1-2-6-22-30-26(34)35-32-22/h7-14H,1-6,15-16H2,(H,30,32,34). The largest absolute Gasteiger partial charge is 0.438 e. The summed E-state index contributed by atoms with van der Waals surface area (Å²) in [6.07, 6.45) is 5.61. The van der Waals surface area contributed by atoms with Crippen molar-refractivity contribution in [2.45, 2.75) is 38.5 Å². The summed E-state index contributed by atoms with van der Waals surface area (Å²) in [4.78, 5) is 26.3. The zero-order chi connectivity index (χ0) is 24.2. The molecule has 1 aliphatic rings. The van der Waals surface area contributed by atoms with Gasteiger partial charge in [-0.1, -0.05) is 59.0 Å². The number of halogens is 2. The fourth-order valence-electron chi connectivity index (χ4n) is 4.40. The summed E-state index contributed by atoms with van der Waals surface area (Å²) in [5, 5.41) is 5.10. The molecule has 0 bridgehead atoms. The molecule has 0 radical (unpaired) electrons. The van der Waals surface area contributed by atoms with Crippen LogP contribution >= 0.6 is 23.2 Å². The molecule has 2 aromatic carbocycles. The monoisotopic (exact) mass is 509 g/mol. The Morgan fingerprint density at radius 2 is 1.54 bits per heavy atom. The van der Waals surface area contributed by atoms with E-state index in [1.54, 1.807) is 0 Å². The SMILES string of the molecule is O=c1[nH]c(CCCCCN2CCCc3nc(-c4ccc(Cl)cc4)c(-c4ccc(Cl)cc4)nc32)no1. The lowest BCUT2D eigenvalue weighted by atomic mass is 10.0. The van der Waals surface area contributed by atoms with E-state index >= 15 is 0 Å². The van der Waals surface area contributed by atoms with Gasteiger partial charge in [-0.25, -0.2) is 14.8 Å². The van der Waals surface area contributed by atoms with E-state index in [1.807, 2.05) is 48.5 Å². The van der Waals surface area contributed by atoms with Crippen molar-refractivity contribution in [1.29, 1.82) is 0 Å². The third kappa shape index (κ3) is 5.57. The van der Waals surface area contributed by atoms with Crippen LogP contribution in [-0.2, 0) is 12.8 Å². The third-order valence-electron chi connectivity index (χ3n) is 6.15. The molecule has 0 spiro atoms. The van der Waals surface area contributed by atoms with Gasteiger partial charge in [0, 0.05) is 40.7 Å². The molecule has 3 heterocycles. The second-order valence-corrected chi connectivity index (χ2v) is 9.52. The first-order chi connectivity index (χ1) is 17.1. The van der Waals surface area contributed by atoms with E-state index in [4.69, 9.17) is 33.2 Å². The summed E-state index contributed by atoms with van der Waals surface area (Å²) in [5.74, 6) is 1.06. The van der Waals surface area contributed by atoms with Gasteiger partial charge in [-0.15, -0.1) is 0 Å². The van der Waals surface area contributed by atoms with E-state index in [2.05, 4.69) is 19.6 Å². The fourth-order valence-corrected chi connectivity index (χ4v) is 4.65. The van der Waals surface area contributed by atoms with Crippen LogP contribution in [0.3, 0.4) is 0 Å². The number of fused-ring (bicyclic) bond motifs is 1. The number of aromatic amines is 1. The maximum atomic E-state index is 11.1. The first-order valence-corrected chi connectivity index (χ1v) is 12.5. The Balaban J connectivity index is 1.38. The molecule has 0 unspecified atom stereocenters. The molecule has 4 aromatic rings. The zero-order valence-corrected chi connectivity index (χ0v) is 20.6. The molecule has 1 aliphatic heterocycles. The molecule has 0 amide bonds. The Labute approximate surface area is 213 Å². The maximum absolute atomic E-state index is 11.1. The molecule has 0 saturated heterocycles. The maximum Gasteiger partial charge on any atom is 0.438 e. The number of unbranched alkanes of at least 4 members (excludes halogenated alkanes) is 2. The second-order valence-electron chi connectivity index (χ2n) is 8.65. The summed E-state index contributed by atoms with van der Waals surface area (Å²) in [7, 11) is 0. The van der Waals surface area contributed by atoms with Crippen LogP contribution in [-0.4, -0.2) is 33.2 Å². The molecule has 1 N–H and O–H groups in total. The molecular weight excluding hydrogens is 485 g/mol. The van der Waals surface area contributed by atoms with Gasteiger partial charge in [0.05, 0.1) is 17.1 Å². The average molecular weight is 510 g/mol. The first-order valence-electron chi connectivity index (χ1n) is 11.8. The van der Waals surface area contributed by atoms with E-state index in [9.17, 15) is 4.79 Å². The highest BCUT2D eigenvalue weighted by molar-refractivity contribution is 6.31. The Bertz CT molecular complexity index is 1350. The molecule has 0 atom stereocenters. The van der Waals surface area contributed by atoms with Crippen molar-refractivity contribution in [3.63, 3.8) is 0 Å². The highest BCUT2D eigenvalue weighted by Gasteiger charge is 2.23. The van der Waals surface area contributed by atoms with Crippen molar-refractivity contribution >= 4 is 29.0 Å². The highest BCUT2D eigenvalue weighted by atomic mass is 35.5. The van der Waals surface area contributed by atoms with Gasteiger partial charge in [-0.2, -0.15) is 0 Å². The smallest absolute Gasteiger partial charge is 0.355 e. The Kier molecular flexibility index (Phi) is 7.16. The van der Waals surface area contributed by atoms with Crippen LogP contribution in [0.5, 0.6) is 0 Å². The van der Waals surface area contributed by atoms with Gasteiger partial charge < -0.3 is 4.90 Å². The Morgan fingerprint density at radius 1 is 0.886 bits per heavy atom. The molecule has 0 aliphatic carbocycles. The normalized spacial score (nSPS) is 13.1. The van der Waals surface area contributed by atoms with Crippen molar-refractivity contribution < 1.29 is 4.52 Å². The topological polar surface area (TPSA) is 87.9 Å². The summed E-state index contributed by atoms with van der Waals surface area (Å²) in [6.45, 7) is 1.86. The molecule has 0 saturated carbocycles. The van der Waals surface area contributed by atoms with Gasteiger partial charge in [-0.3, -0.25) is 9.51 Å². The minimum absolute atomic E-state index is 0.502. The Morgan fingerprint density at radius 3 is 2.17 bits per heavy atom. The van der Waals surface area contributed by atoms with Crippen LogP contribution in [0.15, 0.2) is 57.8 Å². The molecule has 0 fully saturated rings. The van der Waals surface area contributed by atoms with Crippen LogP contribution < -0.4 is 10.7 Å². The lowest BCUT2D eigenvalue weighted by molar-refractivity contribution is 0.380. The van der Waals surface area contributed by atoms with E-state index in [0.29, 0.717) is 22.3 Å². The van der Waals surface area contributed by atoms with Gasteiger partial charge >= 0.3 is 5.76 Å². The molecule has 9 heteroatoms. The van der Waals surface area contributed by atoms with Gasteiger partial charge in [-0.05, 0) is 49.9 Å². The van der Waals surface area contributed by atoms with Crippen LogP contribution in [0, 0.1) is 0 Å². The van der Waals surface area contributed by atoms with Crippen molar-refractivity contribution in [1.82, 2.24) is 20.1 Å². The number of anilines is 1. The predicted molar refractivity (Wildman–Crippen MR) is 138 cm³/mol. The number of aromatic nitrogens is 4. The number of H-pyrrole nitrogens is 1. The quantitative estimate of drug-likeness (QED) is 0.295. The van der Waals surface area contributed by atoms with Gasteiger partial charge in [0.1, 0.15) is 0 Å². The molecule has 180 valence electrons. The number of benzene rings is 2. The number of nitrogens with one attached hydrogen (secondary N) is 1. The summed E-state index contributed by atoms with van der Waals surface area (Å²) >= 11 is 12.3. The summed E-state index contributed by atoms with van der Waals surface area (Å²) in [5.41, 5.74) is 4.68. The van der Waals surface area contributed by atoms with Gasteiger partial charge in [0.15, 0.2) is 11.6 Å². The molecular formula is C26H25Cl2N5O2. The number of aryl methyl sites for hydroxylation is 2. The third-order valence-corrected chi connectivity index (χ3v) is 6.65. The zero-order valence-electron chi connectivity index (χ0n) is 19.1. The molecule has 2 aromatic heterocycles. The highest BCUT2D eigenvalue weighted by Crippen LogP contribution is 2.35. The number of hydrogen-bond donors (Lipinski definition) is 1. The minimum Gasteiger partial charge on any atom is -0.355 e. The summed E-state index contributed by atoms with van der Waals surface area (Å²) < 4.78 is 4.56. The average Bonchev–Trinajstić information content (AvgIpc) is 3.29. The molecule has 5 rings (SSSR count). The van der Waals surface area contributed by atoms with Crippen molar-refractivity contribution in [3.8, 4) is 22.5 Å². The minimum atomic E-state index is -0.502. The van der Waals surface area contributed by atoms with Crippen molar-refractivity contribution in [3.05, 3.63) is 80.6 Å². The molecule has 35 heavy (non-hydrogen) atoms. The van der Waals surface area contributed by atoms with Crippen molar-refractivity contribution in [2.75, 3.05) is 18.0 Å². The molecule has 7 nitrogen and oxygen atoms in total. The number of rotatable bonds is 8. The van der Waals surface area contributed by atoms with E-state index < -0.39 is 5.76 Å².